The molecule has 0 amide bonds. The molecule has 0 spiro atoms. The highest BCUT2D eigenvalue weighted by molar-refractivity contribution is 5.44. The molecule has 0 bridgehead atoms. The van der Waals surface area contributed by atoms with Crippen LogP contribution in [-0.2, 0) is 0 Å². The lowest BCUT2D eigenvalue weighted by molar-refractivity contribution is 0.283. The SMILES string of the molecule is C=CC(CCCO)Nc1ccccc1. The number of aliphatic hydroxyl groups excluding tert-OH is 1. The van der Waals surface area contributed by atoms with Gasteiger partial charge in [-0.15, -0.1) is 6.58 Å². The summed E-state index contributed by atoms with van der Waals surface area (Å²) in [5.74, 6) is 0. The third-order valence-corrected chi connectivity index (χ3v) is 2.08. The molecule has 76 valence electrons. The predicted molar refractivity (Wildman–Crippen MR) is 60.4 cm³/mol. The number of hydrogen-bond donors (Lipinski definition) is 2. The van der Waals surface area contributed by atoms with Crippen molar-refractivity contribution in [1.29, 1.82) is 0 Å². The molecule has 2 nitrogen and oxygen atoms in total. The van der Waals surface area contributed by atoms with Gasteiger partial charge >= 0.3 is 0 Å². The van der Waals surface area contributed by atoms with Gasteiger partial charge in [0.2, 0.25) is 0 Å². The summed E-state index contributed by atoms with van der Waals surface area (Å²) in [7, 11) is 0. The van der Waals surface area contributed by atoms with Crippen molar-refractivity contribution >= 4 is 5.69 Å². The van der Waals surface area contributed by atoms with E-state index in [4.69, 9.17) is 5.11 Å². The van der Waals surface area contributed by atoms with Gasteiger partial charge in [0, 0.05) is 18.3 Å². The van der Waals surface area contributed by atoms with Crippen LogP contribution in [0.4, 0.5) is 5.69 Å². The fraction of sp³-hybridized carbons (Fsp3) is 0.333. The molecule has 0 saturated carbocycles. The zero-order chi connectivity index (χ0) is 10.2. The maximum Gasteiger partial charge on any atom is 0.0442 e. The van der Waals surface area contributed by atoms with Gasteiger partial charge in [-0.3, -0.25) is 0 Å². The summed E-state index contributed by atoms with van der Waals surface area (Å²) in [6.07, 6.45) is 3.59. The predicted octanol–water partition coefficient (Wildman–Crippen LogP) is 2.43. The maximum absolute atomic E-state index is 8.71. The van der Waals surface area contributed by atoms with Crippen molar-refractivity contribution in [2.75, 3.05) is 11.9 Å². The summed E-state index contributed by atoms with van der Waals surface area (Å²) < 4.78 is 0. The zero-order valence-corrected chi connectivity index (χ0v) is 8.32. The molecule has 0 saturated heterocycles. The molecule has 0 radical (unpaired) electrons. The molecule has 1 rings (SSSR count). The summed E-state index contributed by atoms with van der Waals surface area (Å²) >= 11 is 0. The summed E-state index contributed by atoms with van der Waals surface area (Å²) in [4.78, 5) is 0. The lowest BCUT2D eigenvalue weighted by Gasteiger charge is -2.15. The summed E-state index contributed by atoms with van der Waals surface area (Å²) in [6, 6.07) is 10.3. The number of anilines is 1. The van der Waals surface area contributed by atoms with Gasteiger partial charge in [0.15, 0.2) is 0 Å². The molecule has 0 aliphatic carbocycles. The highest BCUT2D eigenvalue weighted by Crippen LogP contribution is 2.10. The fourth-order valence-electron chi connectivity index (χ4n) is 1.31. The number of rotatable bonds is 6. The van der Waals surface area contributed by atoms with Gasteiger partial charge in [-0.25, -0.2) is 0 Å². The van der Waals surface area contributed by atoms with Gasteiger partial charge in [-0.2, -0.15) is 0 Å². The molecule has 1 unspecified atom stereocenters. The minimum atomic E-state index is 0.237. The van der Waals surface area contributed by atoms with Crippen LogP contribution in [0.1, 0.15) is 12.8 Å². The van der Waals surface area contributed by atoms with Crippen molar-refractivity contribution in [2.24, 2.45) is 0 Å². The van der Waals surface area contributed by atoms with E-state index in [0.29, 0.717) is 0 Å². The Morgan fingerprint density at radius 2 is 2.07 bits per heavy atom. The van der Waals surface area contributed by atoms with Crippen LogP contribution in [0.3, 0.4) is 0 Å². The van der Waals surface area contributed by atoms with Crippen LogP contribution in [-0.4, -0.2) is 17.8 Å². The average molecular weight is 191 g/mol. The van der Waals surface area contributed by atoms with Crippen LogP contribution in [0.5, 0.6) is 0 Å². The second kappa shape index (κ2) is 6.22. The van der Waals surface area contributed by atoms with Gasteiger partial charge in [-0.05, 0) is 25.0 Å². The number of benzene rings is 1. The molecule has 0 fully saturated rings. The smallest absolute Gasteiger partial charge is 0.0442 e. The minimum absolute atomic E-state index is 0.237. The van der Waals surface area contributed by atoms with Gasteiger partial charge in [0.05, 0.1) is 0 Å². The minimum Gasteiger partial charge on any atom is -0.396 e. The standard InChI is InChI=1S/C12H17NO/c1-2-11(9-6-10-14)13-12-7-4-3-5-8-12/h2-5,7-8,11,13-14H,1,6,9-10H2. The Labute approximate surface area is 85.3 Å². The largest absolute Gasteiger partial charge is 0.396 e. The molecule has 1 aromatic carbocycles. The number of aliphatic hydroxyl groups is 1. The highest BCUT2D eigenvalue weighted by Gasteiger charge is 2.02. The molecule has 14 heavy (non-hydrogen) atoms. The lowest BCUT2D eigenvalue weighted by atomic mass is 10.1. The first-order valence-electron chi connectivity index (χ1n) is 4.92. The summed E-state index contributed by atoms with van der Waals surface area (Å²) in [5, 5.41) is 12.0. The van der Waals surface area contributed by atoms with E-state index in [1.54, 1.807) is 0 Å². The van der Waals surface area contributed by atoms with Crippen molar-refractivity contribution in [3.63, 3.8) is 0 Å². The topological polar surface area (TPSA) is 32.3 Å². The maximum atomic E-state index is 8.71. The quantitative estimate of drug-likeness (QED) is 0.677. The Balaban J connectivity index is 2.44. The molecular formula is C12H17NO. The van der Waals surface area contributed by atoms with Gasteiger partial charge in [-0.1, -0.05) is 24.3 Å². The second-order valence-corrected chi connectivity index (χ2v) is 3.22. The molecule has 0 aliphatic rings. The highest BCUT2D eigenvalue weighted by atomic mass is 16.2. The Hall–Kier alpha value is -1.28. The van der Waals surface area contributed by atoms with E-state index in [0.717, 1.165) is 18.5 Å². The van der Waals surface area contributed by atoms with Gasteiger partial charge in [0.25, 0.3) is 0 Å². The van der Waals surface area contributed by atoms with Crippen molar-refractivity contribution < 1.29 is 5.11 Å². The number of para-hydroxylation sites is 1. The van der Waals surface area contributed by atoms with Crippen LogP contribution in [0.2, 0.25) is 0 Å². The van der Waals surface area contributed by atoms with E-state index in [1.807, 2.05) is 36.4 Å². The fourth-order valence-corrected chi connectivity index (χ4v) is 1.31. The third-order valence-electron chi connectivity index (χ3n) is 2.08. The average Bonchev–Trinajstić information content (AvgIpc) is 2.25. The number of hydrogen-bond acceptors (Lipinski definition) is 2. The van der Waals surface area contributed by atoms with Gasteiger partial charge in [0.1, 0.15) is 0 Å². The third kappa shape index (κ3) is 3.62. The first-order valence-corrected chi connectivity index (χ1v) is 4.92. The van der Waals surface area contributed by atoms with Crippen LogP contribution in [0.25, 0.3) is 0 Å². The molecule has 0 aromatic heterocycles. The summed E-state index contributed by atoms with van der Waals surface area (Å²) in [6.45, 7) is 4.00. The summed E-state index contributed by atoms with van der Waals surface area (Å²) in [5.41, 5.74) is 1.09. The van der Waals surface area contributed by atoms with Crippen LogP contribution < -0.4 is 5.32 Å². The van der Waals surface area contributed by atoms with Crippen molar-refractivity contribution in [3.8, 4) is 0 Å². The van der Waals surface area contributed by atoms with Crippen LogP contribution in [0.15, 0.2) is 43.0 Å². The number of nitrogens with one attached hydrogen (secondary N) is 1. The second-order valence-electron chi connectivity index (χ2n) is 3.22. The first-order chi connectivity index (χ1) is 6.86. The molecule has 0 aliphatic heterocycles. The molecule has 0 heterocycles. The van der Waals surface area contributed by atoms with E-state index >= 15 is 0 Å². The van der Waals surface area contributed by atoms with Crippen molar-refractivity contribution in [3.05, 3.63) is 43.0 Å². The molecule has 1 aromatic rings. The van der Waals surface area contributed by atoms with E-state index < -0.39 is 0 Å². The Morgan fingerprint density at radius 3 is 2.64 bits per heavy atom. The lowest BCUT2D eigenvalue weighted by Crippen LogP contribution is -2.16. The molecule has 2 N–H and O–H groups in total. The monoisotopic (exact) mass is 191 g/mol. The first kappa shape index (κ1) is 10.8. The Morgan fingerprint density at radius 1 is 1.36 bits per heavy atom. The molecule has 2 heteroatoms. The van der Waals surface area contributed by atoms with E-state index in [9.17, 15) is 0 Å². The van der Waals surface area contributed by atoms with E-state index in [2.05, 4.69) is 11.9 Å². The van der Waals surface area contributed by atoms with Crippen LogP contribution >= 0.6 is 0 Å². The molecular weight excluding hydrogens is 174 g/mol. The van der Waals surface area contributed by atoms with Crippen LogP contribution in [0, 0.1) is 0 Å². The van der Waals surface area contributed by atoms with E-state index in [-0.39, 0.29) is 12.6 Å². The van der Waals surface area contributed by atoms with Crippen molar-refractivity contribution in [1.82, 2.24) is 0 Å². The van der Waals surface area contributed by atoms with E-state index in [1.165, 1.54) is 0 Å². The Kier molecular flexibility index (Phi) is 4.79. The molecule has 1 atom stereocenters. The van der Waals surface area contributed by atoms with Crippen molar-refractivity contribution in [2.45, 2.75) is 18.9 Å². The normalized spacial score (nSPS) is 12.1. The zero-order valence-electron chi connectivity index (χ0n) is 8.32. The van der Waals surface area contributed by atoms with Gasteiger partial charge < -0.3 is 10.4 Å². The Bertz CT molecular complexity index is 258.